The molecular formula is C18H13F5N4O2. The molecule has 4 aromatic rings. The number of benzene rings is 2. The third-order valence-corrected chi connectivity index (χ3v) is 3.95. The van der Waals surface area contributed by atoms with Crippen LogP contribution in [-0.4, -0.2) is 32.4 Å². The lowest BCUT2D eigenvalue weighted by Crippen LogP contribution is -1.95. The fraction of sp³-hybridized carbons (Fsp3) is 0.167. The van der Waals surface area contributed by atoms with Gasteiger partial charge in [0.15, 0.2) is 17.3 Å². The molecule has 2 N–H and O–H groups in total. The molecule has 29 heavy (non-hydrogen) atoms. The zero-order valence-electron chi connectivity index (χ0n) is 14.5. The zero-order valence-corrected chi connectivity index (χ0v) is 14.5. The van der Waals surface area contributed by atoms with Crippen LogP contribution in [0.15, 0.2) is 40.8 Å². The molecule has 0 spiro atoms. The van der Waals surface area contributed by atoms with E-state index in [1.54, 1.807) is 18.2 Å². The van der Waals surface area contributed by atoms with Crippen molar-refractivity contribution >= 4 is 11.0 Å². The second kappa shape index (κ2) is 8.67. The van der Waals surface area contributed by atoms with Crippen LogP contribution < -0.4 is 0 Å². The number of phenols is 1. The number of aromatic nitrogens is 4. The summed E-state index contributed by atoms with van der Waals surface area (Å²) in [6.07, 6.45) is 0.794. The molecule has 0 fully saturated rings. The molecule has 2 aromatic heterocycles. The molecule has 0 bridgehead atoms. The number of hydrogen-bond acceptors (Lipinski definition) is 5. The van der Waals surface area contributed by atoms with Gasteiger partial charge < -0.3 is 9.52 Å². The average Bonchev–Trinajstić information content (AvgIpc) is 3.31. The summed E-state index contributed by atoms with van der Waals surface area (Å²) in [7, 11) is 0. The van der Waals surface area contributed by atoms with Gasteiger partial charge in [-0.25, -0.2) is 8.78 Å². The third kappa shape index (κ3) is 5.06. The molecule has 0 atom stereocenters. The third-order valence-electron chi connectivity index (χ3n) is 3.95. The Balaban J connectivity index is 0.000000552. The van der Waals surface area contributed by atoms with Crippen molar-refractivity contribution in [2.45, 2.75) is 19.5 Å². The summed E-state index contributed by atoms with van der Waals surface area (Å²) in [5.74, 6) is -0.781. The molecule has 0 aliphatic rings. The molecule has 152 valence electrons. The van der Waals surface area contributed by atoms with Crippen LogP contribution >= 0.6 is 0 Å². The summed E-state index contributed by atoms with van der Waals surface area (Å²) in [6.45, 7) is -3.67. The molecule has 11 heteroatoms. The maximum Gasteiger partial charge on any atom is 0.379 e. The van der Waals surface area contributed by atoms with E-state index in [9.17, 15) is 27.1 Å². The van der Waals surface area contributed by atoms with Gasteiger partial charge in [0.2, 0.25) is 5.82 Å². The van der Waals surface area contributed by atoms with Gasteiger partial charge in [0.05, 0.1) is 0 Å². The Kier molecular flexibility index (Phi) is 6.05. The van der Waals surface area contributed by atoms with E-state index in [-0.39, 0.29) is 11.6 Å². The number of rotatable bonds is 4. The number of nitrogens with zero attached hydrogens (tertiary/aromatic N) is 3. The first kappa shape index (κ1) is 20.2. The Hall–Kier alpha value is -3.50. The molecule has 0 unspecified atom stereocenters. The van der Waals surface area contributed by atoms with E-state index >= 15 is 0 Å². The van der Waals surface area contributed by atoms with Gasteiger partial charge in [0.25, 0.3) is 0 Å². The highest BCUT2D eigenvalue weighted by Crippen LogP contribution is 2.28. The Morgan fingerprint density at radius 2 is 1.76 bits per heavy atom. The number of furan rings is 1. The smallest absolute Gasteiger partial charge is 0.379 e. The van der Waals surface area contributed by atoms with Crippen LogP contribution in [0.5, 0.6) is 5.75 Å². The minimum absolute atomic E-state index is 0.290. The highest BCUT2D eigenvalue weighted by molar-refractivity contribution is 5.82. The van der Waals surface area contributed by atoms with Crippen LogP contribution in [0.1, 0.15) is 11.1 Å². The van der Waals surface area contributed by atoms with E-state index in [0.717, 1.165) is 0 Å². The van der Waals surface area contributed by atoms with Crippen LogP contribution in [0, 0.1) is 11.6 Å². The lowest BCUT2D eigenvalue weighted by molar-refractivity contribution is 0.00819. The summed E-state index contributed by atoms with van der Waals surface area (Å²) in [4.78, 5) is 0. The van der Waals surface area contributed by atoms with Gasteiger partial charge in [-0.05, 0) is 59.5 Å². The zero-order chi connectivity index (χ0) is 21.0. The van der Waals surface area contributed by atoms with Crippen molar-refractivity contribution in [1.29, 1.82) is 0 Å². The lowest BCUT2D eigenvalue weighted by atomic mass is 10.0. The van der Waals surface area contributed by atoms with E-state index in [1.807, 2.05) is 0 Å². The Bertz CT molecular complexity index is 1100. The number of phenolic OH excluding ortho intramolecular Hbond substituents is 1. The first-order valence-electron chi connectivity index (χ1n) is 8.19. The number of hydrogen-bond donors (Lipinski definition) is 2. The second-order valence-electron chi connectivity index (χ2n) is 5.86. The van der Waals surface area contributed by atoms with Gasteiger partial charge in [-0.3, -0.25) is 0 Å². The molecule has 6 nitrogen and oxygen atoms in total. The molecule has 2 heterocycles. The highest BCUT2D eigenvalue weighted by Gasteiger charge is 2.13. The number of aryl methyl sites for hydroxylation is 2. The summed E-state index contributed by atoms with van der Waals surface area (Å²) in [5, 5.41) is 23.2. The van der Waals surface area contributed by atoms with Gasteiger partial charge in [-0.15, -0.1) is 10.2 Å². The topological polar surface area (TPSA) is 87.8 Å². The van der Waals surface area contributed by atoms with E-state index in [0.29, 0.717) is 40.7 Å². The minimum Gasteiger partial charge on any atom is -0.505 e. The van der Waals surface area contributed by atoms with Crippen molar-refractivity contribution in [3.63, 3.8) is 0 Å². The van der Waals surface area contributed by atoms with Gasteiger partial charge >= 0.3 is 6.68 Å². The fourth-order valence-corrected chi connectivity index (χ4v) is 2.65. The van der Waals surface area contributed by atoms with Gasteiger partial charge in [-0.1, -0.05) is 6.07 Å². The predicted molar refractivity (Wildman–Crippen MR) is 91.9 cm³/mol. The van der Waals surface area contributed by atoms with Crippen molar-refractivity contribution in [3.05, 3.63) is 59.2 Å². The predicted octanol–water partition coefficient (Wildman–Crippen LogP) is 4.56. The number of fused-ring (bicyclic) bond motifs is 1. The number of alkyl halides is 3. The number of nitrogens with one attached hydrogen (secondary N) is 1. The summed E-state index contributed by atoms with van der Waals surface area (Å²) in [5.41, 5.74) is 1.63. The second-order valence-corrected chi connectivity index (χ2v) is 5.86. The van der Waals surface area contributed by atoms with Crippen molar-refractivity contribution in [2.75, 3.05) is 0 Å². The summed E-state index contributed by atoms with van der Waals surface area (Å²) in [6, 6.07) is 8.78. The van der Waals surface area contributed by atoms with E-state index in [2.05, 4.69) is 20.6 Å². The Morgan fingerprint density at radius 1 is 1.00 bits per heavy atom. The molecule has 0 aliphatic carbocycles. The van der Waals surface area contributed by atoms with Gasteiger partial charge in [-0.2, -0.15) is 18.4 Å². The standard InChI is InChI=1S/C17H12F2N4O2.CHF3/c18-12-6-11-8-16(17-20-22-23-21-17)25-15(11)7-10(12)3-1-9-2-4-14(24)13(19)5-9;2-1(3)4/h2,4-8,24H,1,3H2,(H,20,21,22,23);1H. The van der Waals surface area contributed by atoms with E-state index in [4.69, 9.17) is 4.42 Å². The first-order chi connectivity index (χ1) is 13.8. The molecule has 0 saturated heterocycles. The largest absolute Gasteiger partial charge is 0.505 e. The van der Waals surface area contributed by atoms with E-state index < -0.39 is 18.2 Å². The molecule has 0 radical (unpaired) electrons. The average molecular weight is 412 g/mol. The molecule has 0 amide bonds. The summed E-state index contributed by atoms with van der Waals surface area (Å²) < 4.78 is 62.3. The number of aromatic hydroxyl groups is 1. The number of aromatic amines is 1. The SMILES string of the molecule is FC(F)F.Oc1ccc(CCc2cc3oc(-c4nn[nH]n4)cc3cc2F)cc1F. The molecule has 2 aromatic carbocycles. The van der Waals surface area contributed by atoms with Crippen LogP contribution in [0.25, 0.3) is 22.6 Å². The quantitative estimate of drug-likeness (QED) is 0.480. The Labute approximate surface area is 160 Å². The van der Waals surface area contributed by atoms with Crippen LogP contribution in [0.2, 0.25) is 0 Å². The number of H-pyrrole nitrogens is 1. The van der Waals surface area contributed by atoms with Gasteiger partial charge in [0, 0.05) is 5.39 Å². The maximum atomic E-state index is 14.3. The maximum absolute atomic E-state index is 14.3. The monoisotopic (exact) mass is 412 g/mol. The van der Waals surface area contributed by atoms with Crippen molar-refractivity contribution in [3.8, 4) is 17.3 Å². The van der Waals surface area contributed by atoms with Crippen LogP contribution in [-0.2, 0) is 12.8 Å². The van der Waals surface area contributed by atoms with Crippen LogP contribution in [0.4, 0.5) is 22.0 Å². The minimum atomic E-state index is -3.67. The molecular weight excluding hydrogens is 399 g/mol. The lowest BCUT2D eigenvalue weighted by Gasteiger charge is -2.05. The van der Waals surface area contributed by atoms with Crippen LogP contribution in [0.3, 0.4) is 0 Å². The van der Waals surface area contributed by atoms with Crippen molar-refractivity contribution < 1.29 is 31.5 Å². The highest BCUT2D eigenvalue weighted by atomic mass is 19.4. The van der Waals surface area contributed by atoms with Crippen molar-refractivity contribution in [1.82, 2.24) is 20.6 Å². The van der Waals surface area contributed by atoms with Crippen molar-refractivity contribution in [2.24, 2.45) is 0 Å². The Morgan fingerprint density at radius 3 is 2.41 bits per heavy atom. The number of tetrazole rings is 1. The molecule has 4 rings (SSSR count). The van der Waals surface area contributed by atoms with E-state index in [1.165, 1.54) is 18.2 Å². The summed E-state index contributed by atoms with van der Waals surface area (Å²) >= 11 is 0. The molecule has 0 saturated carbocycles. The van der Waals surface area contributed by atoms with Gasteiger partial charge in [0.1, 0.15) is 11.4 Å². The molecule has 0 aliphatic heterocycles. The first-order valence-corrected chi connectivity index (χ1v) is 8.19. The fourth-order valence-electron chi connectivity index (χ4n) is 2.65. The normalized spacial score (nSPS) is 11.0. The number of halogens is 5.